The predicted molar refractivity (Wildman–Crippen MR) is 55.4 cm³/mol. The van der Waals surface area contributed by atoms with E-state index in [0.717, 1.165) is 5.56 Å². The smallest absolute Gasteiger partial charge is 0.269 e. The molecule has 1 atom stereocenters. The van der Waals surface area contributed by atoms with Crippen LogP contribution in [-0.4, -0.2) is 22.2 Å². The van der Waals surface area contributed by atoms with Gasteiger partial charge in [0.05, 0.1) is 12.2 Å². The van der Waals surface area contributed by atoms with Crippen molar-refractivity contribution in [3.8, 4) is 0 Å². The van der Waals surface area contributed by atoms with Crippen LogP contribution in [0.1, 0.15) is 42.9 Å². The molecular formula is C10H17N3O. The molecule has 0 bridgehead atoms. The van der Waals surface area contributed by atoms with Gasteiger partial charge in [-0.05, 0) is 19.4 Å². The first kappa shape index (κ1) is 10.8. The Balaban J connectivity index is 0.000000461. The summed E-state index contributed by atoms with van der Waals surface area (Å²) < 4.78 is 1.79. The maximum absolute atomic E-state index is 11.3. The lowest BCUT2D eigenvalue weighted by atomic mass is 10.2. The summed E-state index contributed by atoms with van der Waals surface area (Å²) in [5.74, 6) is -0.0110. The first-order chi connectivity index (χ1) is 6.70. The maximum Gasteiger partial charge on any atom is 0.269 e. The predicted octanol–water partition coefficient (Wildman–Crippen LogP) is 1.52. The van der Waals surface area contributed by atoms with Gasteiger partial charge in [-0.15, -0.1) is 0 Å². The lowest BCUT2D eigenvalue weighted by molar-refractivity contribution is 0.0912. The van der Waals surface area contributed by atoms with Crippen molar-refractivity contribution in [2.24, 2.45) is 0 Å². The van der Waals surface area contributed by atoms with E-state index in [4.69, 9.17) is 0 Å². The molecule has 1 aliphatic heterocycles. The van der Waals surface area contributed by atoms with Crippen LogP contribution in [-0.2, 0) is 0 Å². The highest BCUT2D eigenvalue weighted by Crippen LogP contribution is 2.16. The van der Waals surface area contributed by atoms with Crippen molar-refractivity contribution in [3.05, 3.63) is 17.5 Å². The van der Waals surface area contributed by atoms with Gasteiger partial charge in [-0.2, -0.15) is 5.10 Å². The molecule has 1 unspecified atom stereocenters. The van der Waals surface area contributed by atoms with Crippen molar-refractivity contribution in [2.75, 3.05) is 6.54 Å². The summed E-state index contributed by atoms with van der Waals surface area (Å²) in [6.07, 6.45) is 1.73. The van der Waals surface area contributed by atoms with Crippen LogP contribution in [0, 0.1) is 6.92 Å². The summed E-state index contributed by atoms with van der Waals surface area (Å²) in [5, 5.41) is 6.96. The van der Waals surface area contributed by atoms with E-state index in [1.54, 1.807) is 10.9 Å². The van der Waals surface area contributed by atoms with Crippen LogP contribution in [0.15, 0.2) is 6.20 Å². The minimum absolute atomic E-state index is 0.0110. The van der Waals surface area contributed by atoms with Crippen LogP contribution in [0.3, 0.4) is 0 Å². The van der Waals surface area contributed by atoms with Gasteiger partial charge >= 0.3 is 0 Å². The van der Waals surface area contributed by atoms with E-state index >= 15 is 0 Å². The van der Waals surface area contributed by atoms with Crippen molar-refractivity contribution >= 4 is 5.91 Å². The van der Waals surface area contributed by atoms with Gasteiger partial charge in [-0.3, -0.25) is 9.48 Å². The Morgan fingerprint density at radius 1 is 1.57 bits per heavy atom. The lowest BCUT2D eigenvalue weighted by Crippen LogP contribution is -2.38. The molecule has 4 nitrogen and oxygen atoms in total. The van der Waals surface area contributed by atoms with E-state index in [1.165, 1.54) is 0 Å². The number of carbonyl (C=O) groups excluding carboxylic acids is 1. The molecule has 0 spiro atoms. The number of amides is 1. The fourth-order valence-electron chi connectivity index (χ4n) is 1.48. The first-order valence-corrected chi connectivity index (χ1v) is 5.02. The molecule has 0 saturated carbocycles. The number of aromatic nitrogens is 2. The molecule has 78 valence electrons. The highest BCUT2D eigenvalue weighted by Gasteiger charge is 2.24. The second kappa shape index (κ2) is 4.26. The molecular weight excluding hydrogens is 178 g/mol. The van der Waals surface area contributed by atoms with Gasteiger partial charge in [0, 0.05) is 6.54 Å². The molecule has 1 aromatic rings. The van der Waals surface area contributed by atoms with Crippen molar-refractivity contribution < 1.29 is 4.79 Å². The zero-order valence-electron chi connectivity index (χ0n) is 9.16. The van der Waals surface area contributed by atoms with Gasteiger partial charge in [0.1, 0.15) is 5.69 Å². The molecule has 1 aliphatic rings. The summed E-state index contributed by atoms with van der Waals surface area (Å²) in [7, 11) is 0. The number of fused-ring (bicyclic) bond motifs is 1. The Kier molecular flexibility index (Phi) is 3.28. The number of carbonyl (C=O) groups is 1. The van der Waals surface area contributed by atoms with Crippen molar-refractivity contribution in [1.29, 1.82) is 0 Å². The molecule has 0 saturated heterocycles. The van der Waals surface area contributed by atoms with E-state index in [9.17, 15) is 4.79 Å². The summed E-state index contributed by atoms with van der Waals surface area (Å²) in [6, 6.07) is 0.270. The number of hydrogen-bond donors (Lipinski definition) is 1. The van der Waals surface area contributed by atoms with Gasteiger partial charge in [0.2, 0.25) is 0 Å². The van der Waals surface area contributed by atoms with Crippen LogP contribution in [0.2, 0.25) is 0 Å². The molecule has 1 N–H and O–H groups in total. The maximum atomic E-state index is 11.3. The highest BCUT2D eigenvalue weighted by molar-refractivity contribution is 5.94. The van der Waals surface area contributed by atoms with E-state index < -0.39 is 0 Å². The van der Waals surface area contributed by atoms with E-state index in [-0.39, 0.29) is 11.9 Å². The number of nitrogens with one attached hydrogen (secondary N) is 1. The molecule has 1 amide bonds. The van der Waals surface area contributed by atoms with E-state index in [2.05, 4.69) is 10.4 Å². The van der Waals surface area contributed by atoms with Crippen LogP contribution >= 0.6 is 0 Å². The number of rotatable bonds is 0. The summed E-state index contributed by atoms with van der Waals surface area (Å²) in [4.78, 5) is 11.3. The monoisotopic (exact) mass is 195 g/mol. The van der Waals surface area contributed by atoms with Crippen molar-refractivity contribution in [1.82, 2.24) is 15.1 Å². The fourth-order valence-corrected chi connectivity index (χ4v) is 1.48. The number of aryl methyl sites for hydroxylation is 1. The van der Waals surface area contributed by atoms with Gasteiger partial charge in [-0.25, -0.2) is 0 Å². The molecule has 0 fully saturated rings. The Morgan fingerprint density at radius 2 is 2.21 bits per heavy atom. The van der Waals surface area contributed by atoms with Gasteiger partial charge in [-0.1, -0.05) is 13.8 Å². The molecule has 0 aliphatic carbocycles. The summed E-state index contributed by atoms with van der Waals surface area (Å²) >= 11 is 0. The van der Waals surface area contributed by atoms with Crippen LogP contribution in [0.25, 0.3) is 0 Å². The average Bonchev–Trinajstić information content (AvgIpc) is 2.59. The first-order valence-electron chi connectivity index (χ1n) is 5.02. The molecule has 0 radical (unpaired) electrons. The quantitative estimate of drug-likeness (QED) is 0.682. The van der Waals surface area contributed by atoms with Crippen LogP contribution in [0.5, 0.6) is 0 Å². The normalized spacial score (nSPS) is 19.1. The second-order valence-electron chi connectivity index (χ2n) is 3.18. The minimum atomic E-state index is -0.0110. The van der Waals surface area contributed by atoms with Crippen LogP contribution in [0.4, 0.5) is 0 Å². The number of hydrogen-bond acceptors (Lipinski definition) is 2. The Hall–Kier alpha value is -1.32. The molecule has 4 heteroatoms. The Bertz CT molecular complexity index is 330. The minimum Gasteiger partial charge on any atom is -0.349 e. The largest absolute Gasteiger partial charge is 0.349 e. The summed E-state index contributed by atoms with van der Waals surface area (Å²) in [5.41, 5.74) is 1.65. The SMILES string of the molecule is CC.Cc1cnn2c1C(=O)NCC2C. The highest BCUT2D eigenvalue weighted by atomic mass is 16.2. The average molecular weight is 195 g/mol. The van der Waals surface area contributed by atoms with E-state index in [0.29, 0.717) is 12.2 Å². The summed E-state index contributed by atoms with van der Waals surface area (Å²) in [6.45, 7) is 8.61. The Labute approximate surface area is 84.3 Å². The van der Waals surface area contributed by atoms with Gasteiger partial charge in [0.15, 0.2) is 0 Å². The zero-order valence-corrected chi connectivity index (χ0v) is 9.16. The Morgan fingerprint density at radius 3 is 2.79 bits per heavy atom. The molecule has 1 aromatic heterocycles. The van der Waals surface area contributed by atoms with Crippen molar-refractivity contribution in [2.45, 2.75) is 33.7 Å². The fraction of sp³-hybridized carbons (Fsp3) is 0.600. The third-order valence-corrected chi connectivity index (χ3v) is 2.17. The third-order valence-electron chi connectivity index (χ3n) is 2.17. The third kappa shape index (κ3) is 1.64. The van der Waals surface area contributed by atoms with Crippen LogP contribution < -0.4 is 5.32 Å². The standard InChI is InChI=1S/C8H11N3O.C2H6/c1-5-3-10-11-6(2)4-9-8(12)7(5)11;1-2/h3,6H,4H2,1-2H3,(H,9,12);1-2H3. The second-order valence-corrected chi connectivity index (χ2v) is 3.18. The zero-order chi connectivity index (χ0) is 10.7. The van der Waals surface area contributed by atoms with Crippen molar-refractivity contribution in [3.63, 3.8) is 0 Å². The van der Waals surface area contributed by atoms with Gasteiger partial charge < -0.3 is 5.32 Å². The molecule has 2 heterocycles. The topological polar surface area (TPSA) is 46.9 Å². The lowest BCUT2D eigenvalue weighted by Gasteiger charge is -2.21. The molecule has 2 rings (SSSR count). The van der Waals surface area contributed by atoms with E-state index in [1.807, 2.05) is 27.7 Å². The number of nitrogens with zero attached hydrogens (tertiary/aromatic N) is 2. The molecule has 0 aromatic carbocycles. The van der Waals surface area contributed by atoms with Gasteiger partial charge in [0.25, 0.3) is 5.91 Å². The molecule has 14 heavy (non-hydrogen) atoms.